The summed E-state index contributed by atoms with van der Waals surface area (Å²) < 4.78 is 1.80. The summed E-state index contributed by atoms with van der Waals surface area (Å²) >= 11 is 12.1. The van der Waals surface area contributed by atoms with Crippen LogP contribution in [0.2, 0.25) is 10.3 Å². The van der Waals surface area contributed by atoms with E-state index in [-0.39, 0.29) is 5.15 Å². The van der Waals surface area contributed by atoms with E-state index in [0.717, 1.165) is 16.8 Å². The molecular weight excluding hydrogens is 283 g/mol. The molecule has 2 heterocycles. The lowest BCUT2D eigenvalue weighted by Gasteiger charge is -2.04. The van der Waals surface area contributed by atoms with Gasteiger partial charge in [-0.3, -0.25) is 0 Å². The van der Waals surface area contributed by atoms with Crippen molar-refractivity contribution in [2.45, 2.75) is 13.8 Å². The minimum atomic E-state index is 0.258. The van der Waals surface area contributed by atoms with Crippen molar-refractivity contribution in [1.29, 1.82) is 0 Å². The first-order valence-corrected chi connectivity index (χ1v) is 6.47. The van der Waals surface area contributed by atoms with Gasteiger partial charge >= 0.3 is 0 Å². The van der Waals surface area contributed by atoms with Crippen LogP contribution in [0.1, 0.15) is 11.3 Å². The first kappa shape index (κ1) is 12.4. The molecule has 0 atom stereocenters. The van der Waals surface area contributed by atoms with E-state index >= 15 is 0 Å². The van der Waals surface area contributed by atoms with E-state index in [1.54, 1.807) is 4.68 Å². The van der Waals surface area contributed by atoms with E-state index in [4.69, 9.17) is 23.2 Å². The molecule has 6 heteroatoms. The van der Waals surface area contributed by atoms with Gasteiger partial charge in [-0.1, -0.05) is 40.9 Å². The van der Waals surface area contributed by atoms with Crippen molar-refractivity contribution in [2.75, 3.05) is 0 Å². The Morgan fingerprint density at radius 1 is 0.947 bits per heavy atom. The van der Waals surface area contributed by atoms with E-state index in [0.29, 0.717) is 10.7 Å². The van der Waals surface area contributed by atoms with Crippen LogP contribution in [0.15, 0.2) is 24.3 Å². The average molecular weight is 293 g/mol. The second-order valence-corrected chi connectivity index (χ2v) is 5.05. The maximum absolute atomic E-state index is 6.07. The summed E-state index contributed by atoms with van der Waals surface area (Å²) in [4.78, 5) is 0. The van der Waals surface area contributed by atoms with E-state index in [1.165, 1.54) is 5.56 Å². The highest BCUT2D eigenvalue weighted by molar-refractivity contribution is 6.38. The van der Waals surface area contributed by atoms with Gasteiger partial charge in [0.05, 0.1) is 16.8 Å². The molecule has 1 aromatic carbocycles. The lowest BCUT2D eigenvalue weighted by Crippen LogP contribution is -1.98. The van der Waals surface area contributed by atoms with Crippen LogP contribution in [0.25, 0.3) is 16.6 Å². The number of hydrogen-bond donors (Lipinski definition) is 0. The van der Waals surface area contributed by atoms with Crippen molar-refractivity contribution < 1.29 is 0 Å². The predicted molar refractivity (Wildman–Crippen MR) is 76.2 cm³/mol. The zero-order valence-electron chi connectivity index (χ0n) is 10.4. The number of aryl methyl sites for hydroxylation is 2. The molecule has 3 rings (SSSR count). The Labute approximate surface area is 120 Å². The third-order valence-corrected chi connectivity index (χ3v) is 3.54. The summed E-state index contributed by atoms with van der Waals surface area (Å²) in [5.41, 5.74) is 3.60. The van der Waals surface area contributed by atoms with Crippen LogP contribution >= 0.6 is 23.2 Å². The van der Waals surface area contributed by atoms with Gasteiger partial charge in [-0.25, -0.2) is 4.68 Å². The van der Waals surface area contributed by atoms with Crippen molar-refractivity contribution in [3.63, 3.8) is 0 Å². The fourth-order valence-corrected chi connectivity index (χ4v) is 2.45. The number of aromatic nitrogens is 4. The molecule has 19 heavy (non-hydrogen) atoms. The third-order valence-electron chi connectivity index (χ3n) is 3.02. The van der Waals surface area contributed by atoms with E-state index in [9.17, 15) is 0 Å². The molecule has 4 nitrogen and oxygen atoms in total. The molecular formula is C13H10Cl2N4. The van der Waals surface area contributed by atoms with Crippen LogP contribution in [0.3, 0.4) is 0 Å². The van der Waals surface area contributed by atoms with Crippen molar-refractivity contribution in [2.24, 2.45) is 0 Å². The molecule has 0 aliphatic carbocycles. The number of nitrogens with zero attached hydrogens (tertiary/aromatic N) is 4. The SMILES string of the molecule is Cc1ccc(-n2nc3c(Cl)nnc(Cl)c3c2C)cc1. The van der Waals surface area contributed by atoms with Gasteiger partial charge in [0.2, 0.25) is 0 Å². The van der Waals surface area contributed by atoms with Crippen LogP contribution in [-0.4, -0.2) is 20.0 Å². The lowest BCUT2D eigenvalue weighted by atomic mass is 10.2. The summed E-state index contributed by atoms with van der Waals surface area (Å²) in [6.45, 7) is 3.97. The van der Waals surface area contributed by atoms with Gasteiger partial charge in [0, 0.05) is 0 Å². The van der Waals surface area contributed by atoms with Gasteiger partial charge in [0.1, 0.15) is 5.52 Å². The zero-order valence-corrected chi connectivity index (χ0v) is 11.9. The summed E-state index contributed by atoms with van der Waals surface area (Å²) in [5, 5.41) is 13.4. The normalized spacial score (nSPS) is 11.2. The largest absolute Gasteiger partial charge is 0.237 e. The zero-order chi connectivity index (χ0) is 13.6. The van der Waals surface area contributed by atoms with Crippen LogP contribution in [-0.2, 0) is 0 Å². The highest BCUT2D eigenvalue weighted by atomic mass is 35.5. The van der Waals surface area contributed by atoms with Gasteiger partial charge in [-0.2, -0.15) is 5.10 Å². The third kappa shape index (κ3) is 1.97. The Hall–Kier alpha value is -1.65. The van der Waals surface area contributed by atoms with E-state index in [2.05, 4.69) is 15.3 Å². The minimum absolute atomic E-state index is 0.258. The summed E-state index contributed by atoms with van der Waals surface area (Å²) in [5.74, 6) is 0. The smallest absolute Gasteiger partial charge is 0.179 e. The highest BCUT2D eigenvalue weighted by Gasteiger charge is 2.16. The van der Waals surface area contributed by atoms with Crippen molar-refractivity contribution in [3.05, 3.63) is 45.8 Å². The summed E-state index contributed by atoms with van der Waals surface area (Å²) in [7, 11) is 0. The fourth-order valence-electron chi connectivity index (χ4n) is 2.02. The Morgan fingerprint density at radius 2 is 1.58 bits per heavy atom. The van der Waals surface area contributed by atoms with Crippen molar-refractivity contribution in [3.8, 4) is 5.69 Å². The summed E-state index contributed by atoms with van der Waals surface area (Å²) in [6.07, 6.45) is 0. The molecule has 0 aliphatic heterocycles. The molecule has 0 spiro atoms. The van der Waals surface area contributed by atoms with Crippen LogP contribution in [0.5, 0.6) is 0 Å². The van der Waals surface area contributed by atoms with Gasteiger partial charge in [0.15, 0.2) is 10.3 Å². The standard InChI is InChI=1S/C13H10Cl2N4/c1-7-3-5-9(6-4-7)19-8(2)10-11(18-19)13(15)17-16-12(10)14/h3-6H,1-2H3. The number of benzene rings is 1. The lowest BCUT2D eigenvalue weighted by molar-refractivity contribution is 0.860. The van der Waals surface area contributed by atoms with Gasteiger partial charge in [0.25, 0.3) is 0 Å². The summed E-state index contributed by atoms with van der Waals surface area (Å²) in [6, 6.07) is 8.05. The molecule has 0 radical (unpaired) electrons. The monoisotopic (exact) mass is 292 g/mol. The quantitative estimate of drug-likeness (QED) is 0.686. The highest BCUT2D eigenvalue weighted by Crippen LogP contribution is 2.29. The Kier molecular flexibility index (Phi) is 2.92. The van der Waals surface area contributed by atoms with Crippen molar-refractivity contribution >= 4 is 34.1 Å². The van der Waals surface area contributed by atoms with E-state index in [1.807, 2.05) is 38.1 Å². The molecule has 0 saturated heterocycles. The van der Waals surface area contributed by atoms with Gasteiger partial charge in [-0.15, -0.1) is 10.2 Å². The number of halogens is 2. The van der Waals surface area contributed by atoms with Crippen molar-refractivity contribution in [1.82, 2.24) is 20.0 Å². The maximum Gasteiger partial charge on any atom is 0.179 e. The molecule has 3 aromatic rings. The topological polar surface area (TPSA) is 43.6 Å². The Balaban J connectivity index is 2.31. The molecule has 0 fully saturated rings. The number of hydrogen-bond acceptors (Lipinski definition) is 3. The van der Waals surface area contributed by atoms with Crippen LogP contribution in [0, 0.1) is 13.8 Å². The number of rotatable bonds is 1. The molecule has 0 amide bonds. The first-order chi connectivity index (χ1) is 9.08. The first-order valence-electron chi connectivity index (χ1n) is 5.72. The molecule has 0 aliphatic rings. The minimum Gasteiger partial charge on any atom is -0.237 e. The Bertz CT molecular complexity index is 762. The molecule has 0 unspecified atom stereocenters. The second-order valence-electron chi connectivity index (χ2n) is 4.34. The molecule has 0 saturated carbocycles. The molecule has 96 valence electrons. The molecule has 0 N–H and O–H groups in total. The maximum atomic E-state index is 6.07. The Morgan fingerprint density at radius 3 is 2.21 bits per heavy atom. The van der Waals surface area contributed by atoms with Crippen LogP contribution in [0.4, 0.5) is 0 Å². The fraction of sp³-hybridized carbons (Fsp3) is 0.154. The van der Waals surface area contributed by atoms with Gasteiger partial charge < -0.3 is 0 Å². The van der Waals surface area contributed by atoms with Gasteiger partial charge in [-0.05, 0) is 26.0 Å². The number of fused-ring (bicyclic) bond motifs is 1. The molecule has 2 aromatic heterocycles. The average Bonchev–Trinajstić information content (AvgIpc) is 2.74. The molecule has 0 bridgehead atoms. The second kappa shape index (κ2) is 4.47. The van der Waals surface area contributed by atoms with Crippen LogP contribution < -0.4 is 0 Å². The predicted octanol–water partition coefficient (Wildman–Crippen LogP) is 3.74. The van der Waals surface area contributed by atoms with E-state index < -0.39 is 0 Å².